The molecule has 0 radical (unpaired) electrons. The van der Waals surface area contributed by atoms with Crippen molar-refractivity contribution in [3.8, 4) is 0 Å². The fraction of sp³-hybridized carbons (Fsp3) is 0.333. The summed E-state index contributed by atoms with van der Waals surface area (Å²) in [6, 6.07) is 0. The number of hydrogen-bond acceptors (Lipinski definition) is 2. The Morgan fingerprint density at radius 1 is 0.786 bits per heavy atom. The van der Waals surface area contributed by atoms with Crippen LogP contribution in [0, 0.1) is 0 Å². The molecule has 0 heterocycles. The van der Waals surface area contributed by atoms with E-state index < -0.39 is 0 Å². The zero-order valence-electron chi connectivity index (χ0n) is 9.28. The summed E-state index contributed by atoms with van der Waals surface area (Å²) >= 11 is 0. The standard InChI is InChI=1S/C12H18S2/c1-5-7-11(3)9-13-14-10-12(4)8-6-2/h5-10H,1-4H3. The van der Waals surface area contributed by atoms with E-state index in [-0.39, 0.29) is 0 Å². The van der Waals surface area contributed by atoms with E-state index in [1.165, 1.54) is 11.1 Å². The van der Waals surface area contributed by atoms with Crippen molar-refractivity contribution in [2.24, 2.45) is 0 Å². The quantitative estimate of drug-likeness (QED) is 0.353. The van der Waals surface area contributed by atoms with Gasteiger partial charge in [0, 0.05) is 0 Å². The summed E-state index contributed by atoms with van der Waals surface area (Å²) in [4.78, 5) is 0. The summed E-state index contributed by atoms with van der Waals surface area (Å²) in [7, 11) is 3.50. The van der Waals surface area contributed by atoms with Gasteiger partial charge >= 0.3 is 0 Å². The Hall–Kier alpha value is -0.340. The van der Waals surface area contributed by atoms with Crippen molar-refractivity contribution in [3.05, 3.63) is 46.3 Å². The van der Waals surface area contributed by atoms with Gasteiger partial charge in [0.05, 0.1) is 0 Å². The molecule has 0 aliphatic heterocycles. The van der Waals surface area contributed by atoms with Crippen LogP contribution in [-0.4, -0.2) is 0 Å². The average molecular weight is 226 g/mol. The van der Waals surface area contributed by atoms with Crippen LogP contribution in [-0.2, 0) is 0 Å². The van der Waals surface area contributed by atoms with Gasteiger partial charge in [0.2, 0.25) is 0 Å². The molecule has 0 N–H and O–H groups in total. The maximum absolute atomic E-state index is 2.16. The number of rotatable bonds is 5. The maximum atomic E-state index is 2.16. The van der Waals surface area contributed by atoms with Crippen LogP contribution in [0.1, 0.15) is 27.7 Å². The van der Waals surface area contributed by atoms with Crippen molar-refractivity contribution < 1.29 is 0 Å². The molecule has 0 aromatic heterocycles. The number of hydrogen-bond donors (Lipinski definition) is 0. The fourth-order valence-corrected chi connectivity index (χ4v) is 2.63. The van der Waals surface area contributed by atoms with Gasteiger partial charge in [-0.3, -0.25) is 0 Å². The van der Waals surface area contributed by atoms with E-state index >= 15 is 0 Å². The van der Waals surface area contributed by atoms with Gasteiger partial charge < -0.3 is 0 Å². The lowest BCUT2D eigenvalue weighted by Crippen LogP contribution is -1.63. The smallest absolute Gasteiger partial charge is 0.0149 e. The molecule has 0 aliphatic rings. The molecule has 0 aromatic rings. The first-order valence-corrected chi connectivity index (χ1v) is 6.89. The van der Waals surface area contributed by atoms with Crippen LogP contribution in [0.5, 0.6) is 0 Å². The zero-order chi connectivity index (χ0) is 10.8. The second-order valence-corrected chi connectivity index (χ2v) is 4.93. The molecule has 78 valence electrons. The molecule has 0 saturated carbocycles. The Balaban J connectivity index is 3.85. The molecule has 0 bridgehead atoms. The minimum absolute atomic E-state index is 1.29. The highest BCUT2D eigenvalue weighted by molar-refractivity contribution is 8.79. The molecular weight excluding hydrogens is 208 g/mol. The molecule has 0 fully saturated rings. The summed E-state index contributed by atoms with van der Waals surface area (Å²) in [6.45, 7) is 8.28. The minimum atomic E-state index is 1.29. The Morgan fingerprint density at radius 3 is 1.43 bits per heavy atom. The Labute approximate surface area is 95.6 Å². The van der Waals surface area contributed by atoms with Crippen LogP contribution in [0.3, 0.4) is 0 Å². The van der Waals surface area contributed by atoms with E-state index in [9.17, 15) is 0 Å². The van der Waals surface area contributed by atoms with Crippen molar-refractivity contribution in [1.29, 1.82) is 0 Å². The molecule has 0 rings (SSSR count). The van der Waals surface area contributed by atoms with Gasteiger partial charge in [-0.05, 0) is 49.7 Å². The molecule has 0 nitrogen and oxygen atoms in total. The second kappa shape index (κ2) is 9.22. The van der Waals surface area contributed by atoms with E-state index in [0.717, 1.165) is 0 Å². The van der Waals surface area contributed by atoms with Gasteiger partial charge in [-0.15, -0.1) is 0 Å². The molecule has 0 atom stereocenters. The highest BCUT2D eigenvalue weighted by Gasteiger charge is 1.84. The first-order chi connectivity index (χ1) is 6.70. The Kier molecular flexibility index (Phi) is 9.00. The van der Waals surface area contributed by atoms with Crippen LogP contribution in [0.15, 0.2) is 46.3 Å². The lowest BCUT2D eigenvalue weighted by atomic mass is 10.3. The molecule has 0 spiro atoms. The topological polar surface area (TPSA) is 0 Å². The molecule has 2 heteroatoms. The van der Waals surface area contributed by atoms with E-state index in [0.29, 0.717) is 0 Å². The normalized spacial score (nSPS) is 14.6. The Bertz CT molecular complexity index is 229. The monoisotopic (exact) mass is 226 g/mol. The maximum Gasteiger partial charge on any atom is -0.0149 e. The van der Waals surface area contributed by atoms with E-state index in [4.69, 9.17) is 0 Å². The molecule has 0 unspecified atom stereocenters. The average Bonchev–Trinajstić information content (AvgIpc) is 2.13. The lowest BCUT2D eigenvalue weighted by molar-refractivity contribution is 1.53. The van der Waals surface area contributed by atoms with Crippen molar-refractivity contribution in [2.45, 2.75) is 27.7 Å². The second-order valence-electron chi connectivity index (χ2n) is 2.92. The van der Waals surface area contributed by atoms with E-state index in [1.807, 2.05) is 13.8 Å². The van der Waals surface area contributed by atoms with Crippen molar-refractivity contribution in [2.75, 3.05) is 0 Å². The van der Waals surface area contributed by atoms with Crippen LogP contribution in [0.4, 0.5) is 0 Å². The summed E-state index contributed by atoms with van der Waals surface area (Å²) in [5, 5.41) is 4.31. The summed E-state index contributed by atoms with van der Waals surface area (Å²) in [5.41, 5.74) is 2.59. The van der Waals surface area contributed by atoms with Crippen LogP contribution < -0.4 is 0 Å². The largest absolute Gasteiger partial charge is 0.0874 e. The summed E-state index contributed by atoms with van der Waals surface area (Å²) < 4.78 is 0. The number of allylic oxidation sites excluding steroid dienone is 6. The van der Waals surface area contributed by atoms with Gasteiger partial charge in [0.1, 0.15) is 0 Å². The molecule has 0 amide bonds. The van der Waals surface area contributed by atoms with E-state index in [1.54, 1.807) is 21.6 Å². The first-order valence-electron chi connectivity index (χ1n) is 4.61. The van der Waals surface area contributed by atoms with Crippen LogP contribution in [0.25, 0.3) is 0 Å². The van der Waals surface area contributed by atoms with Gasteiger partial charge in [0.15, 0.2) is 0 Å². The van der Waals surface area contributed by atoms with Gasteiger partial charge in [-0.2, -0.15) is 0 Å². The van der Waals surface area contributed by atoms with Crippen molar-refractivity contribution in [1.82, 2.24) is 0 Å². The van der Waals surface area contributed by atoms with Crippen molar-refractivity contribution >= 4 is 21.6 Å². The first kappa shape index (κ1) is 13.7. The molecule has 0 aliphatic carbocycles. The van der Waals surface area contributed by atoms with Crippen LogP contribution >= 0.6 is 21.6 Å². The third-order valence-electron chi connectivity index (χ3n) is 1.38. The van der Waals surface area contributed by atoms with E-state index in [2.05, 4.69) is 49.0 Å². The zero-order valence-corrected chi connectivity index (χ0v) is 10.9. The summed E-state index contributed by atoms with van der Waals surface area (Å²) in [5.74, 6) is 0. The Morgan fingerprint density at radius 2 is 1.14 bits per heavy atom. The van der Waals surface area contributed by atoms with Gasteiger partial charge in [-0.25, -0.2) is 0 Å². The van der Waals surface area contributed by atoms with Gasteiger partial charge in [0.25, 0.3) is 0 Å². The van der Waals surface area contributed by atoms with Crippen molar-refractivity contribution in [3.63, 3.8) is 0 Å². The van der Waals surface area contributed by atoms with Gasteiger partial charge in [-0.1, -0.05) is 45.9 Å². The predicted octanol–water partition coefficient (Wildman–Crippen LogP) is 5.33. The third-order valence-corrected chi connectivity index (χ3v) is 3.34. The highest BCUT2D eigenvalue weighted by Crippen LogP contribution is 2.26. The molecule has 14 heavy (non-hydrogen) atoms. The molecule has 0 aromatic carbocycles. The fourth-order valence-electron chi connectivity index (χ4n) is 0.812. The summed E-state index contributed by atoms with van der Waals surface area (Å²) in [6.07, 6.45) is 8.32. The SMILES string of the molecule is CC=CC(C)=CSSC=C(C)C=CC. The third kappa shape index (κ3) is 8.27. The highest BCUT2D eigenvalue weighted by atomic mass is 33.1. The lowest BCUT2D eigenvalue weighted by Gasteiger charge is -1.92. The van der Waals surface area contributed by atoms with Crippen LogP contribution in [0.2, 0.25) is 0 Å². The predicted molar refractivity (Wildman–Crippen MR) is 72.3 cm³/mol. The molecule has 0 saturated heterocycles. The minimum Gasteiger partial charge on any atom is -0.0874 e. The molecular formula is C12H18S2.